The summed E-state index contributed by atoms with van der Waals surface area (Å²) in [6, 6.07) is 5.44. The number of anilines is 1. The number of rotatable bonds is 5. The average molecular weight is 292 g/mol. The summed E-state index contributed by atoms with van der Waals surface area (Å²) < 4.78 is 10.8. The van der Waals surface area contributed by atoms with Crippen LogP contribution in [0.5, 0.6) is 11.5 Å². The first-order chi connectivity index (χ1) is 10.1. The minimum absolute atomic E-state index is 0.0934. The summed E-state index contributed by atoms with van der Waals surface area (Å²) >= 11 is 0. The SMILES string of the molecule is COc1ccc(N)c(OC(C)C(=O)NC2CCCCC2)c1. The zero-order chi connectivity index (χ0) is 15.2. The molecule has 0 aromatic heterocycles. The Hall–Kier alpha value is -1.91. The Labute approximate surface area is 125 Å². The molecule has 21 heavy (non-hydrogen) atoms. The molecule has 1 aliphatic carbocycles. The van der Waals surface area contributed by atoms with Crippen molar-refractivity contribution in [1.29, 1.82) is 0 Å². The zero-order valence-corrected chi connectivity index (χ0v) is 12.7. The molecular formula is C16H24N2O3. The van der Waals surface area contributed by atoms with E-state index in [4.69, 9.17) is 15.2 Å². The number of carbonyl (C=O) groups excluding carboxylic acids is 1. The fourth-order valence-corrected chi connectivity index (χ4v) is 2.55. The first kappa shape index (κ1) is 15.5. The molecule has 0 radical (unpaired) electrons. The van der Waals surface area contributed by atoms with E-state index in [0.29, 0.717) is 17.2 Å². The highest BCUT2D eigenvalue weighted by atomic mass is 16.5. The number of amides is 1. The van der Waals surface area contributed by atoms with Gasteiger partial charge >= 0.3 is 0 Å². The highest BCUT2D eigenvalue weighted by Gasteiger charge is 2.21. The van der Waals surface area contributed by atoms with E-state index < -0.39 is 6.10 Å². The van der Waals surface area contributed by atoms with Gasteiger partial charge in [-0.2, -0.15) is 0 Å². The van der Waals surface area contributed by atoms with E-state index in [-0.39, 0.29) is 11.9 Å². The third kappa shape index (κ3) is 4.28. The average Bonchev–Trinajstić information content (AvgIpc) is 2.50. The molecule has 1 atom stereocenters. The quantitative estimate of drug-likeness (QED) is 0.818. The van der Waals surface area contributed by atoms with Crippen LogP contribution in [0.1, 0.15) is 39.0 Å². The predicted molar refractivity (Wildman–Crippen MR) is 82.5 cm³/mol. The van der Waals surface area contributed by atoms with Crippen LogP contribution in [0, 0.1) is 0 Å². The topological polar surface area (TPSA) is 73.6 Å². The largest absolute Gasteiger partial charge is 0.497 e. The Bertz CT molecular complexity index is 484. The number of ether oxygens (including phenoxy) is 2. The number of hydrogen-bond donors (Lipinski definition) is 2. The summed E-state index contributed by atoms with van der Waals surface area (Å²) in [6.07, 6.45) is 5.16. The molecule has 1 aliphatic rings. The lowest BCUT2D eigenvalue weighted by molar-refractivity contribution is -0.128. The third-order valence-corrected chi connectivity index (χ3v) is 3.85. The highest BCUT2D eigenvalue weighted by Crippen LogP contribution is 2.27. The molecule has 5 heteroatoms. The number of nitrogens with one attached hydrogen (secondary N) is 1. The molecular weight excluding hydrogens is 268 g/mol. The van der Waals surface area contributed by atoms with Crippen LogP contribution in [0.15, 0.2) is 18.2 Å². The maximum absolute atomic E-state index is 12.2. The van der Waals surface area contributed by atoms with Gasteiger partial charge in [0.15, 0.2) is 6.10 Å². The summed E-state index contributed by atoms with van der Waals surface area (Å²) in [7, 11) is 1.58. The monoisotopic (exact) mass is 292 g/mol. The number of nitrogens with two attached hydrogens (primary N) is 1. The Kier molecular flexibility index (Phi) is 5.31. The van der Waals surface area contributed by atoms with Gasteiger partial charge in [-0.3, -0.25) is 4.79 Å². The summed E-state index contributed by atoms with van der Waals surface area (Å²) in [5, 5.41) is 3.05. The number of methoxy groups -OCH3 is 1. The Morgan fingerprint density at radius 1 is 1.33 bits per heavy atom. The molecule has 0 saturated heterocycles. The van der Waals surface area contributed by atoms with Gasteiger partial charge in [0.05, 0.1) is 12.8 Å². The minimum Gasteiger partial charge on any atom is -0.497 e. The normalized spacial score (nSPS) is 17.0. The van der Waals surface area contributed by atoms with E-state index in [1.54, 1.807) is 32.2 Å². The van der Waals surface area contributed by atoms with E-state index in [1.807, 2.05) is 0 Å². The van der Waals surface area contributed by atoms with Gasteiger partial charge in [0.1, 0.15) is 11.5 Å². The molecule has 1 saturated carbocycles. The van der Waals surface area contributed by atoms with Crippen molar-refractivity contribution < 1.29 is 14.3 Å². The molecule has 1 aromatic carbocycles. The fraction of sp³-hybridized carbons (Fsp3) is 0.562. The van der Waals surface area contributed by atoms with E-state index in [2.05, 4.69) is 5.32 Å². The number of benzene rings is 1. The molecule has 0 heterocycles. The van der Waals surface area contributed by atoms with Crippen molar-refractivity contribution in [3.63, 3.8) is 0 Å². The summed E-state index contributed by atoms with van der Waals surface area (Å²) in [5.74, 6) is 1.03. The minimum atomic E-state index is -0.582. The van der Waals surface area contributed by atoms with Crippen molar-refractivity contribution >= 4 is 11.6 Å². The molecule has 1 aromatic rings. The lowest BCUT2D eigenvalue weighted by Crippen LogP contribution is -2.43. The number of carbonyl (C=O) groups is 1. The molecule has 1 unspecified atom stereocenters. The van der Waals surface area contributed by atoms with Gasteiger partial charge in [-0.25, -0.2) is 0 Å². The molecule has 3 N–H and O–H groups in total. The fourth-order valence-electron chi connectivity index (χ4n) is 2.55. The van der Waals surface area contributed by atoms with E-state index in [1.165, 1.54) is 19.3 Å². The summed E-state index contributed by atoms with van der Waals surface area (Å²) in [4.78, 5) is 12.2. The molecule has 0 aliphatic heterocycles. The second-order valence-electron chi connectivity index (χ2n) is 5.51. The molecule has 1 amide bonds. The van der Waals surface area contributed by atoms with E-state index in [9.17, 15) is 4.79 Å². The van der Waals surface area contributed by atoms with Gasteiger partial charge in [0.25, 0.3) is 5.91 Å². The third-order valence-electron chi connectivity index (χ3n) is 3.85. The Morgan fingerprint density at radius 2 is 2.05 bits per heavy atom. The van der Waals surface area contributed by atoms with Crippen LogP contribution >= 0.6 is 0 Å². The van der Waals surface area contributed by atoms with Gasteiger partial charge in [-0.05, 0) is 31.9 Å². The van der Waals surface area contributed by atoms with Crippen LogP contribution in [-0.4, -0.2) is 25.2 Å². The highest BCUT2D eigenvalue weighted by molar-refractivity contribution is 5.81. The molecule has 0 spiro atoms. The zero-order valence-electron chi connectivity index (χ0n) is 12.7. The first-order valence-corrected chi connectivity index (χ1v) is 7.50. The number of hydrogen-bond acceptors (Lipinski definition) is 4. The second kappa shape index (κ2) is 7.20. The summed E-state index contributed by atoms with van der Waals surface area (Å²) in [6.45, 7) is 1.73. The van der Waals surface area contributed by atoms with Crippen molar-refractivity contribution in [1.82, 2.24) is 5.32 Å². The van der Waals surface area contributed by atoms with Crippen LogP contribution in [0.4, 0.5) is 5.69 Å². The smallest absolute Gasteiger partial charge is 0.260 e. The van der Waals surface area contributed by atoms with Gasteiger partial charge < -0.3 is 20.5 Å². The molecule has 2 rings (SSSR count). The predicted octanol–water partition coefficient (Wildman–Crippen LogP) is 2.49. The molecule has 0 bridgehead atoms. The maximum Gasteiger partial charge on any atom is 0.260 e. The van der Waals surface area contributed by atoms with E-state index >= 15 is 0 Å². The Morgan fingerprint density at radius 3 is 2.71 bits per heavy atom. The molecule has 1 fully saturated rings. The van der Waals surface area contributed by atoms with Crippen molar-refractivity contribution in [2.24, 2.45) is 0 Å². The van der Waals surface area contributed by atoms with Crippen molar-refractivity contribution in [2.45, 2.75) is 51.2 Å². The van der Waals surface area contributed by atoms with Crippen molar-refractivity contribution in [2.75, 3.05) is 12.8 Å². The van der Waals surface area contributed by atoms with Gasteiger partial charge in [-0.1, -0.05) is 19.3 Å². The lowest BCUT2D eigenvalue weighted by atomic mass is 9.95. The van der Waals surface area contributed by atoms with Crippen LogP contribution in [0.2, 0.25) is 0 Å². The van der Waals surface area contributed by atoms with Gasteiger partial charge in [0.2, 0.25) is 0 Å². The number of nitrogen functional groups attached to an aromatic ring is 1. The van der Waals surface area contributed by atoms with Crippen LogP contribution in [0.25, 0.3) is 0 Å². The molecule has 116 valence electrons. The van der Waals surface area contributed by atoms with Crippen molar-refractivity contribution in [3.8, 4) is 11.5 Å². The van der Waals surface area contributed by atoms with Gasteiger partial charge in [0, 0.05) is 12.1 Å². The van der Waals surface area contributed by atoms with Crippen LogP contribution < -0.4 is 20.5 Å². The van der Waals surface area contributed by atoms with Gasteiger partial charge in [-0.15, -0.1) is 0 Å². The summed E-state index contributed by atoms with van der Waals surface area (Å²) in [5.41, 5.74) is 6.36. The Balaban J connectivity index is 1.93. The van der Waals surface area contributed by atoms with Crippen molar-refractivity contribution in [3.05, 3.63) is 18.2 Å². The van der Waals surface area contributed by atoms with Crippen LogP contribution in [-0.2, 0) is 4.79 Å². The van der Waals surface area contributed by atoms with Crippen LogP contribution in [0.3, 0.4) is 0 Å². The second-order valence-corrected chi connectivity index (χ2v) is 5.51. The maximum atomic E-state index is 12.2. The standard InChI is InChI=1S/C16H24N2O3/c1-11(16(19)18-12-6-4-3-5-7-12)21-15-10-13(20-2)8-9-14(15)17/h8-12H,3-7,17H2,1-2H3,(H,18,19). The first-order valence-electron chi connectivity index (χ1n) is 7.50. The molecule has 5 nitrogen and oxygen atoms in total. The van der Waals surface area contributed by atoms with E-state index in [0.717, 1.165) is 12.8 Å². The lowest BCUT2D eigenvalue weighted by Gasteiger charge is -2.25.